The van der Waals surface area contributed by atoms with Crippen molar-refractivity contribution in [3.8, 4) is 5.75 Å². The van der Waals surface area contributed by atoms with Crippen LogP contribution in [-0.4, -0.2) is 35.9 Å². The van der Waals surface area contributed by atoms with Gasteiger partial charge in [0.05, 0.1) is 0 Å². The van der Waals surface area contributed by atoms with Gasteiger partial charge in [-0.2, -0.15) is 0 Å². The monoisotopic (exact) mass is 468 g/mol. The van der Waals surface area contributed by atoms with Gasteiger partial charge in [-0.25, -0.2) is 4.39 Å². The summed E-state index contributed by atoms with van der Waals surface area (Å²) in [6.45, 7) is 4.06. The first-order valence-corrected chi connectivity index (χ1v) is 11.0. The second-order valence-corrected chi connectivity index (χ2v) is 7.89. The first kappa shape index (κ1) is 25.0. The molecule has 1 atom stereocenters. The Balaban J connectivity index is 2.23. The highest BCUT2D eigenvalue weighted by Crippen LogP contribution is 2.24. The van der Waals surface area contributed by atoms with Gasteiger partial charge in [0.2, 0.25) is 5.91 Å². The third-order valence-electron chi connectivity index (χ3n) is 4.76. The van der Waals surface area contributed by atoms with Crippen LogP contribution in [0.15, 0.2) is 42.5 Å². The second-order valence-electron chi connectivity index (χ2n) is 7.05. The number of unbranched alkanes of at least 4 members (excludes halogenated alkanes) is 1. The minimum absolute atomic E-state index is 0.0271. The van der Waals surface area contributed by atoms with Gasteiger partial charge in [0.1, 0.15) is 6.04 Å². The number of hydrogen-bond donors (Lipinski definition) is 1. The van der Waals surface area contributed by atoms with Crippen LogP contribution in [0.1, 0.15) is 38.7 Å². The maximum absolute atomic E-state index is 13.9. The molecule has 0 aliphatic heterocycles. The number of rotatable bonds is 11. The highest BCUT2D eigenvalue weighted by atomic mass is 35.5. The minimum Gasteiger partial charge on any atom is -0.481 e. The van der Waals surface area contributed by atoms with E-state index in [1.165, 1.54) is 23.1 Å². The molecule has 0 saturated carbocycles. The van der Waals surface area contributed by atoms with Crippen LogP contribution in [0.3, 0.4) is 0 Å². The van der Waals surface area contributed by atoms with Crippen LogP contribution in [0.5, 0.6) is 5.75 Å². The maximum atomic E-state index is 13.9. The largest absolute Gasteiger partial charge is 0.481 e. The lowest BCUT2D eigenvalue weighted by Gasteiger charge is -2.31. The Hall–Kier alpha value is -2.31. The van der Waals surface area contributed by atoms with Gasteiger partial charge in [0.25, 0.3) is 5.91 Å². The van der Waals surface area contributed by atoms with Crippen LogP contribution in [0.25, 0.3) is 0 Å². The molecule has 0 unspecified atom stereocenters. The molecule has 0 saturated heterocycles. The van der Waals surface area contributed by atoms with E-state index in [1.807, 2.05) is 13.8 Å². The molecule has 1 N–H and O–H groups in total. The number of halogens is 3. The summed E-state index contributed by atoms with van der Waals surface area (Å²) in [6, 6.07) is 10.1. The third-order valence-corrected chi connectivity index (χ3v) is 5.35. The lowest BCUT2D eigenvalue weighted by molar-refractivity contribution is -0.143. The van der Waals surface area contributed by atoms with E-state index in [4.69, 9.17) is 27.9 Å². The molecule has 2 aromatic rings. The SMILES string of the molecule is CCCCNC(=O)[C@H](CC)N(Cc1ccc(Cl)cc1Cl)C(=O)COc1ccccc1F. The number of benzene rings is 2. The molecule has 5 nitrogen and oxygen atoms in total. The molecule has 0 heterocycles. The normalized spacial score (nSPS) is 11.6. The van der Waals surface area contributed by atoms with Crippen LogP contribution in [-0.2, 0) is 16.1 Å². The third kappa shape index (κ3) is 7.40. The molecular weight excluding hydrogens is 442 g/mol. The predicted octanol–water partition coefficient (Wildman–Crippen LogP) is 5.24. The summed E-state index contributed by atoms with van der Waals surface area (Å²) in [5.41, 5.74) is 0.644. The van der Waals surface area contributed by atoms with Gasteiger partial charge in [-0.1, -0.05) is 61.7 Å². The molecule has 0 spiro atoms. The summed E-state index contributed by atoms with van der Waals surface area (Å²) >= 11 is 12.3. The van der Waals surface area contributed by atoms with Gasteiger partial charge < -0.3 is 15.0 Å². The van der Waals surface area contributed by atoms with E-state index in [1.54, 1.807) is 24.3 Å². The Bertz CT molecular complexity index is 895. The lowest BCUT2D eigenvalue weighted by Crippen LogP contribution is -2.50. The van der Waals surface area contributed by atoms with Crippen LogP contribution < -0.4 is 10.1 Å². The summed E-state index contributed by atoms with van der Waals surface area (Å²) in [7, 11) is 0. The van der Waals surface area contributed by atoms with Crippen molar-refractivity contribution in [1.29, 1.82) is 0 Å². The van der Waals surface area contributed by atoms with E-state index < -0.39 is 24.4 Å². The van der Waals surface area contributed by atoms with E-state index in [-0.39, 0.29) is 18.2 Å². The first-order valence-electron chi connectivity index (χ1n) is 10.3. The summed E-state index contributed by atoms with van der Waals surface area (Å²) in [6.07, 6.45) is 2.18. The van der Waals surface area contributed by atoms with Gasteiger partial charge in [-0.15, -0.1) is 0 Å². The minimum atomic E-state index is -0.722. The van der Waals surface area contributed by atoms with E-state index in [0.717, 1.165) is 12.8 Å². The van der Waals surface area contributed by atoms with Gasteiger partial charge >= 0.3 is 0 Å². The highest BCUT2D eigenvalue weighted by Gasteiger charge is 2.29. The lowest BCUT2D eigenvalue weighted by atomic mass is 10.1. The number of nitrogens with zero attached hydrogens (tertiary/aromatic N) is 1. The summed E-state index contributed by atoms with van der Waals surface area (Å²) < 4.78 is 19.2. The number of hydrogen-bond acceptors (Lipinski definition) is 3. The Labute approximate surface area is 192 Å². The van der Waals surface area contributed by atoms with Crippen molar-refractivity contribution in [2.75, 3.05) is 13.2 Å². The second kappa shape index (κ2) is 12.5. The predicted molar refractivity (Wildman–Crippen MR) is 121 cm³/mol. The quantitative estimate of drug-likeness (QED) is 0.459. The Kier molecular flexibility index (Phi) is 10.1. The summed E-state index contributed by atoms with van der Waals surface area (Å²) in [5, 5.41) is 3.74. The van der Waals surface area contributed by atoms with Gasteiger partial charge in [0.15, 0.2) is 18.2 Å². The molecule has 31 heavy (non-hydrogen) atoms. The van der Waals surface area contributed by atoms with Gasteiger partial charge in [-0.05, 0) is 42.7 Å². The number of nitrogens with one attached hydrogen (secondary N) is 1. The zero-order chi connectivity index (χ0) is 22.8. The fourth-order valence-electron chi connectivity index (χ4n) is 3.04. The smallest absolute Gasteiger partial charge is 0.261 e. The molecule has 2 rings (SSSR count). The van der Waals surface area contributed by atoms with Crippen molar-refractivity contribution in [3.63, 3.8) is 0 Å². The van der Waals surface area contributed by atoms with Crippen molar-refractivity contribution in [1.82, 2.24) is 10.2 Å². The zero-order valence-corrected chi connectivity index (χ0v) is 19.2. The van der Waals surface area contributed by atoms with Crippen molar-refractivity contribution in [2.24, 2.45) is 0 Å². The van der Waals surface area contributed by atoms with Crippen molar-refractivity contribution in [3.05, 3.63) is 63.9 Å². The molecule has 168 valence electrons. The standard InChI is InChI=1S/C23H27Cl2FN2O3/c1-3-5-12-27-23(30)20(4-2)28(14-16-10-11-17(24)13-18(16)25)22(29)15-31-21-9-7-6-8-19(21)26/h6-11,13,20H,3-5,12,14-15H2,1-2H3,(H,27,30)/t20-/m0/s1. The van der Waals surface area contributed by atoms with Crippen LogP contribution in [0.4, 0.5) is 4.39 Å². The molecular formula is C23H27Cl2FN2O3. The van der Waals surface area contributed by atoms with E-state index in [2.05, 4.69) is 5.32 Å². The summed E-state index contributed by atoms with van der Waals surface area (Å²) in [5.74, 6) is -1.29. The van der Waals surface area contributed by atoms with E-state index >= 15 is 0 Å². The molecule has 8 heteroatoms. The molecule has 0 radical (unpaired) electrons. The van der Waals surface area contributed by atoms with Gasteiger partial charge in [0, 0.05) is 23.1 Å². The number of amides is 2. The first-order chi connectivity index (χ1) is 14.9. The van der Waals surface area contributed by atoms with Gasteiger partial charge in [-0.3, -0.25) is 9.59 Å². The fraction of sp³-hybridized carbons (Fsp3) is 0.391. The van der Waals surface area contributed by atoms with Crippen LogP contribution in [0.2, 0.25) is 10.0 Å². The van der Waals surface area contributed by atoms with Crippen molar-refractivity contribution in [2.45, 2.75) is 45.7 Å². The average molecular weight is 469 g/mol. The Morgan fingerprint density at radius 1 is 1.16 bits per heavy atom. The number of carbonyl (C=O) groups excluding carboxylic acids is 2. The Morgan fingerprint density at radius 2 is 1.90 bits per heavy atom. The molecule has 0 fully saturated rings. The van der Waals surface area contributed by atoms with Crippen LogP contribution >= 0.6 is 23.2 Å². The van der Waals surface area contributed by atoms with Crippen molar-refractivity contribution >= 4 is 35.0 Å². The average Bonchev–Trinajstić information content (AvgIpc) is 2.74. The molecule has 0 aliphatic carbocycles. The number of carbonyl (C=O) groups is 2. The Morgan fingerprint density at radius 3 is 2.55 bits per heavy atom. The zero-order valence-electron chi connectivity index (χ0n) is 17.7. The summed E-state index contributed by atoms with van der Waals surface area (Å²) in [4.78, 5) is 27.3. The van der Waals surface area contributed by atoms with Crippen molar-refractivity contribution < 1.29 is 18.7 Å². The fourth-order valence-corrected chi connectivity index (χ4v) is 3.51. The van der Waals surface area contributed by atoms with Crippen LogP contribution in [0, 0.1) is 5.82 Å². The number of para-hydroxylation sites is 1. The van der Waals surface area contributed by atoms with E-state index in [0.29, 0.717) is 28.6 Å². The molecule has 0 bridgehead atoms. The topological polar surface area (TPSA) is 58.6 Å². The van der Waals surface area contributed by atoms with E-state index in [9.17, 15) is 14.0 Å². The molecule has 0 aliphatic rings. The molecule has 2 aromatic carbocycles. The number of ether oxygens (including phenoxy) is 1. The highest BCUT2D eigenvalue weighted by molar-refractivity contribution is 6.35. The molecule has 0 aromatic heterocycles. The molecule has 2 amide bonds. The maximum Gasteiger partial charge on any atom is 0.261 e.